The van der Waals surface area contributed by atoms with Crippen molar-refractivity contribution in [1.29, 1.82) is 0 Å². The van der Waals surface area contributed by atoms with Crippen molar-refractivity contribution in [2.24, 2.45) is 7.05 Å². The highest BCUT2D eigenvalue weighted by atomic mass is 35.5. The zero-order valence-electron chi connectivity index (χ0n) is 12.8. The van der Waals surface area contributed by atoms with Crippen molar-refractivity contribution >= 4 is 11.6 Å². The lowest BCUT2D eigenvalue weighted by Crippen LogP contribution is -2.37. The topological polar surface area (TPSA) is 39.1 Å². The Morgan fingerprint density at radius 2 is 2.05 bits per heavy atom. The van der Waals surface area contributed by atoms with Crippen LogP contribution in [-0.4, -0.2) is 29.0 Å². The number of para-hydroxylation sites is 1. The minimum absolute atomic E-state index is 0.197. The third-order valence-electron chi connectivity index (χ3n) is 3.39. The fraction of sp³-hybridized carbons (Fsp3) is 0.438. The Morgan fingerprint density at radius 1 is 1.33 bits per heavy atom. The highest BCUT2D eigenvalue weighted by molar-refractivity contribution is 6.31. The van der Waals surface area contributed by atoms with Crippen molar-refractivity contribution in [3.8, 4) is 5.75 Å². The van der Waals surface area contributed by atoms with Gasteiger partial charge in [-0.2, -0.15) is 5.10 Å². The van der Waals surface area contributed by atoms with Gasteiger partial charge in [-0.25, -0.2) is 0 Å². The molecule has 4 nitrogen and oxygen atoms in total. The Hall–Kier alpha value is -1.52. The first kappa shape index (κ1) is 15.9. The number of aromatic nitrogens is 2. The summed E-state index contributed by atoms with van der Waals surface area (Å²) in [5.74, 6) is 0.882. The van der Waals surface area contributed by atoms with Crippen LogP contribution >= 0.6 is 11.6 Å². The highest BCUT2D eigenvalue weighted by Gasteiger charge is 2.17. The van der Waals surface area contributed by atoms with E-state index in [1.807, 2.05) is 49.0 Å². The Labute approximate surface area is 131 Å². The maximum atomic E-state index is 6.32. The van der Waals surface area contributed by atoms with Gasteiger partial charge in [-0.3, -0.25) is 4.68 Å². The second kappa shape index (κ2) is 7.48. The van der Waals surface area contributed by atoms with E-state index in [0.29, 0.717) is 6.61 Å². The Bertz CT molecular complexity index is 568. The number of hydrogen-bond donors (Lipinski definition) is 1. The van der Waals surface area contributed by atoms with Crippen molar-refractivity contribution in [1.82, 2.24) is 15.1 Å². The molecule has 1 N–H and O–H groups in total. The zero-order chi connectivity index (χ0) is 15.2. The van der Waals surface area contributed by atoms with Crippen LogP contribution in [0.4, 0.5) is 0 Å². The number of hydrogen-bond acceptors (Lipinski definition) is 3. The van der Waals surface area contributed by atoms with Gasteiger partial charge in [0.25, 0.3) is 0 Å². The van der Waals surface area contributed by atoms with E-state index in [2.05, 4.69) is 17.3 Å². The van der Waals surface area contributed by atoms with Gasteiger partial charge in [0.05, 0.1) is 16.4 Å². The fourth-order valence-electron chi connectivity index (χ4n) is 2.33. The highest BCUT2D eigenvalue weighted by Crippen LogP contribution is 2.21. The first-order valence-electron chi connectivity index (χ1n) is 7.21. The first-order valence-corrected chi connectivity index (χ1v) is 7.58. The van der Waals surface area contributed by atoms with Crippen molar-refractivity contribution in [2.45, 2.75) is 26.3 Å². The molecule has 2 aromatic rings. The van der Waals surface area contributed by atoms with E-state index in [9.17, 15) is 0 Å². The van der Waals surface area contributed by atoms with Gasteiger partial charge in [0.15, 0.2) is 0 Å². The number of halogens is 1. The van der Waals surface area contributed by atoms with E-state index in [4.69, 9.17) is 16.3 Å². The normalized spacial score (nSPS) is 12.4. The monoisotopic (exact) mass is 307 g/mol. The van der Waals surface area contributed by atoms with Crippen LogP contribution < -0.4 is 10.1 Å². The molecule has 0 fully saturated rings. The summed E-state index contributed by atoms with van der Waals surface area (Å²) < 4.78 is 7.70. The Morgan fingerprint density at radius 3 is 2.62 bits per heavy atom. The largest absolute Gasteiger partial charge is 0.492 e. The predicted octanol–water partition coefficient (Wildman–Crippen LogP) is 2.98. The maximum absolute atomic E-state index is 6.32. The van der Waals surface area contributed by atoms with Gasteiger partial charge < -0.3 is 10.1 Å². The molecule has 0 saturated heterocycles. The third kappa shape index (κ3) is 4.22. The first-order chi connectivity index (χ1) is 10.1. The average Bonchev–Trinajstić information content (AvgIpc) is 2.72. The van der Waals surface area contributed by atoms with Crippen molar-refractivity contribution < 1.29 is 4.74 Å². The summed E-state index contributed by atoms with van der Waals surface area (Å²) in [7, 11) is 1.93. The molecule has 0 radical (unpaired) electrons. The quantitative estimate of drug-likeness (QED) is 0.855. The molecule has 0 aliphatic heterocycles. The summed E-state index contributed by atoms with van der Waals surface area (Å²) in [4.78, 5) is 0. The second-order valence-electron chi connectivity index (χ2n) is 5.05. The lowest BCUT2D eigenvalue weighted by Gasteiger charge is -2.19. The van der Waals surface area contributed by atoms with Gasteiger partial charge in [-0.1, -0.05) is 36.7 Å². The number of aryl methyl sites for hydroxylation is 2. The molecule has 1 unspecified atom stereocenters. The third-order valence-corrected chi connectivity index (χ3v) is 3.88. The molecular weight excluding hydrogens is 286 g/mol. The molecule has 0 saturated carbocycles. The van der Waals surface area contributed by atoms with Crippen LogP contribution in [0.5, 0.6) is 5.75 Å². The molecule has 1 aromatic carbocycles. The fourth-order valence-corrected chi connectivity index (χ4v) is 2.56. The minimum Gasteiger partial charge on any atom is -0.492 e. The van der Waals surface area contributed by atoms with Crippen LogP contribution in [0.15, 0.2) is 30.3 Å². The van der Waals surface area contributed by atoms with Crippen LogP contribution in [0.1, 0.15) is 18.3 Å². The predicted molar refractivity (Wildman–Crippen MR) is 86.1 cm³/mol. The van der Waals surface area contributed by atoms with Crippen LogP contribution in [0.25, 0.3) is 0 Å². The van der Waals surface area contributed by atoms with E-state index in [-0.39, 0.29) is 6.04 Å². The number of benzene rings is 1. The summed E-state index contributed by atoms with van der Waals surface area (Å²) >= 11 is 6.32. The SMILES string of the molecule is CCNC(COc1ccccc1)Cc1c(Cl)c(C)nn1C. The second-order valence-corrected chi connectivity index (χ2v) is 5.43. The molecule has 0 spiro atoms. The smallest absolute Gasteiger partial charge is 0.119 e. The molecule has 2 rings (SSSR count). The lowest BCUT2D eigenvalue weighted by atomic mass is 10.1. The van der Waals surface area contributed by atoms with Gasteiger partial charge >= 0.3 is 0 Å². The van der Waals surface area contributed by atoms with Crippen molar-refractivity contribution in [3.63, 3.8) is 0 Å². The average molecular weight is 308 g/mol. The molecule has 21 heavy (non-hydrogen) atoms. The standard InChI is InChI=1S/C16H22ClN3O/c1-4-18-13(11-21-14-8-6-5-7-9-14)10-15-16(17)12(2)19-20(15)3/h5-9,13,18H,4,10-11H2,1-3H3. The van der Waals surface area contributed by atoms with Gasteiger partial charge in [0, 0.05) is 19.5 Å². The number of nitrogens with one attached hydrogen (secondary N) is 1. The van der Waals surface area contributed by atoms with E-state index in [1.54, 1.807) is 0 Å². The van der Waals surface area contributed by atoms with E-state index in [0.717, 1.165) is 35.1 Å². The van der Waals surface area contributed by atoms with Crippen molar-refractivity contribution in [2.75, 3.05) is 13.2 Å². The lowest BCUT2D eigenvalue weighted by molar-refractivity contribution is 0.263. The number of nitrogens with zero attached hydrogens (tertiary/aromatic N) is 2. The summed E-state index contributed by atoms with van der Waals surface area (Å²) in [6.07, 6.45) is 0.789. The van der Waals surface area contributed by atoms with E-state index >= 15 is 0 Å². The summed E-state index contributed by atoms with van der Waals surface area (Å²) in [6, 6.07) is 10.0. The minimum atomic E-state index is 0.197. The van der Waals surface area contributed by atoms with Gasteiger partial charge in [-0.05, 0) is 25.6 Å². The Kier molecular flexibility index (Phi) is 5.65. The molecule has 0 aliphatic carbocycles. The molecule has 0 aliphatic rings. The maximum Gasteiger partial charge on any atom is 0.119 e. The molecule has 5 heteroatoms. The molecule has 1 atom stereocenters. The van der Waals surface area contributed by atoms with E-state index < -0.39 is 0 Å². The number of likely N-dealkylation sites (N-methyl/N-ethyl adjacent to an activating group) is 1. The molecule has 114 valence electrons. The van der Waals surface area contributed by atoms with Crippen LogP contribution in [0.2, 0.25) is 5.02 Å². The van der Waals surface area contributed by atoms with Gasteiger partial charge in [0.2, 0.25) is 0 Å². The molecule has 0 bridgehead atoms. The summed E-state index contributed by atoms with van der Waals surface area (Å²) in [5.41, 5.74) is 1.91. The number of ether oxygens (including phenoxy) is 1. The zero-order valence-corrected chi connectivity index (χ0v) is 13.5. The molecular formula is C16H22ClN3O. The number of rotatable bonds is 7. The summed E-state index contributed by atoms with van der Waals surface area (Å²) in [5, 5.41) is 8.55. The molecule has 1 heterocycles. The Balaban J connectivity index is 2.02. The molecule has 1 aromatic heterocycles. The van der Waals surface area contributed by atoms with Gasteiger partial charge in [-0.15, -0.1) is 0 Å². The molecule has 0 amide bonds. The van der Waals surface area contributed by atoms with Crippen molar-refractivity contribution in [3.05, 3.63) is 46.7 Å². The van der Waals surface area contributed by atoms with Crippen LogP contribution in [0.3, 0.4) is 0 Å². The van der Waals surface area contributed by atoms with Gasteiger partial charge in [0.1, 0.15) is 12.4 Å². The van der Waals surface area contributed by atoms with Crippen LogP contribution in [-0.2, 0) is 13.5 Å². The van der Waals surface area contributed by atoms with Crippen LogP contribution in [0, 0.1) is 6.92 Å². The van der Waals surface area contributed by atoms with E-state index in [1.165, 1.54) is 0 Å². The summed E-state index contributed by atoms with van der Waals surface area (Å²) in [6.45, 7) is 5.50.